The van der Waals surface area contributed by atoms with Gasteiger partial charge in [-0.1, -0.05) is 60.7 Å². The van der Waals surface area contributed by atoms with E-state index < -0.39 is 18.1 Å². The molecule has 300 valence electrons. The van der Waals surface area contributed by atoms with E-state index in [9.17, 15) is 24.0 Å². The highest BCUT2D eigenvalue weighted by Crippen LogP contribution is 2.35. The van der Waals surface area contributed by atoms with E-state index in [2.05, 4.69) is 25.9 Å². The molecule has 4 heterocycles. The molecule has 8 rings (SSSR count). The van der Waals surface area contributed by atoms with Gasteiger partial charge in [-0.3, -0.25) is 24.0 Å². The maximum absolute atomic E-state index is 13.9. The number of carbonyl (C=O) groups excluding carboxylic acids is 5. The van der Waals surface area contributed by atoms with Gasteiger partial charge >= 0.3 is 0 Å². The number of rotatable bonds is 11. The molecule has 2 aliphatic heterocycles. The monoisotopic (exact) mass is 792 g/mol. The lowest BCUT2D eigenvalue weighted by molar-refractivity contribution is -0.140. The summed E-state index contributed by atoms with van der Waals surface area (Å²) in [7, 11) is 0. The van der Waals surface area contributed by atoms with Crippen molar-refractivity contribution in [2.45, 2.75) is 63.7 Å². The number of benzene rings is 4. The van der Waals surface area contributed by atoms with Crippen LogP contribution in [0, 0.1) is 0 Å². The molecule has 2 saturated heterocycles. The number of nitrogens with zero attached hydrogens (tertiary/aromatic N) is 4. The van der Waals surface area contributed by atoms with Crippen molar-refractivity contribution in [1.82, 2.24) is 35.4 Å². The fourth-order valence-corrected chi connectivity index (χ4v) is 8.02. The topological polar surface area (TPSA) is 183 Å². The highest BCUT2D eigenvalue weighted by Gasteiger charge is 2.39. The summed E-state index contributed by atoms with van der Waals surface area (Å²) in [6.45, 7) is 3.75. The Kier molecular flexibility index (Phi) is 11.0. The quantitative estimate of drug-likeness (QED) is 0.119. The average Bonchev–Trinajstić information content (AvgIpc) is 4.09. The number of fused-ring (bicyclic) bond motifs is 1. The second-order valence-electron chi connectivity index (χ2n) is 14.9. The molecular weight excluding hydrogens is 749 g/mol. The van der Waals surface area contributed by atoms with Gasteiger partial charge in [0.1, 0.15) is 23.9 Å². The van der Waals surface area contributed by atoms with E-state index >= 15 is 0 Å². The maximum atomic E-state index is 13.9. The molecule has 6 aromatic rings. The zero-order valence-electron chi connectivity index (χ0n) is 32.7. The van der Waals surface area contributed by atoms with Crippen molar-refractivity contribution in [2.24, 2.45) is 0 Å². The standard InChI is InChI=1S/C45H44N8O6/c1-27(54)47-39(29-11-5-3-6-12-29)44(57)52-23-9-15-36(52)41-50-34-22-19-32(25-35(34)51-41)38-26-46-43(59-38)31-17-20-33(21-18-31)49-42(56)37-16-10-24-53(37)45(58)40(48-28(2)55)30-13-7-4-8-14-30/h3-8,11-14,17-22,25-26,36-37,39-40H,9-10,15-16,23-24H2,1-2H3,(H,47,54)(H,48,55)(H,49,56)(H,50,51)/t36-,37-,39+,40+/m0/s1. The number of nitrogens with one attached hydrogen (secondary N) is 4. The minimum atomic E-state index is -0.887. The van der Waals surface area contributed by atoms with Crippen LogP contribution in [0.15, 0.2) is 114 Å². The highest BCUT2D eigenvalue weighted by molar-refractivity contribution is 5.99. The number of hydrogen-bond acceptors (Lipinski definition) is 8. The van der Waals surface area contributed by atoms with Crippen LogP contribution in [0.25, 0.3) is 33.8 Å². The number of likely N-dealkylation sites (tertiary alicyclic amines) is 2. The molecule has 2 fully saturated rings. The number of aromatic nitrogens is 3. The summed E-state index contributed by atoms with van der Waals surface area (Å²) in [5.74, 6) is 0.196. The number of imidazole rings is 1. The van der Waals surface area contributed by atoms with Crippen molar-refractivity contribution in [2.75, 3.05) is 18.4 Å². The molecule has 5 amide bonds. The lowest BCUT2D eigenvalue weighted by Crippen LogP contribution is -2.48. The van der Waals surface area contributed by atoms with Crippen molar-refractivity contribution < 1.29 is 28.4 Å². The summed E-state index contributed by atoms with van der Waals surface area (Å²) in [5, 5.41) is 8.53. The average molecular weight is 793 g/mol. The molecule has 4 N–H and O–H groups in total. The van der Waals surface area contributed by atoms with Crippen LogP contribution in [0.1, 0.15) is 74.6 Å². The van der Waals surface area contributed by atoms with Crippen molar-refractivity contribution in [3.63, 3.8) is 0 Å². The Balaban J connectivity index is 0.932. The number of aromatic amines is 1. The van der Waals surface area contributed by atoms with E-state index in [1.165, 1.54) is 13.8 Å². The van der Waals surface area contributed by atoms with Crippen molar-refractivity contribution in [3.8, 4) is 22.8 Å². The number of anilines is 1. The molecule has 0 aliphatic carbocycles. The minimum Gasteiger partial charge on any atom is -0.436 e. The van der Waals surface area contributed by atoms with Gasteiger partial charge in [-0.05, 0) is 79.3 Å². The molecule has 2 aliphatic rings. The van der Waals surface area contributed by atoms with Gasteiger partial charge in [-0.2, -0.15) is 0 Å². The third-order valence-corrected chi connectivity index (χ3v) is 10.8. The molecule has 0 bridgehead atoms. The summed E-state index contributed by atoms with van der Waals surface area (Å²) < 4.78 is 6.19. The maximum Gasteiger partial charge on any atom is 0.250 e. The van der Waals surface area contributed by atoms with E-state index in [0.717, 1.165) is 29.5 Å². The summed E-state index contributed by atoms with van der Waals surface area (Å²) in [6.07, 6.45) is 4.38. The Morgan fingerprint density at radius 1 is 0.729 bits per heavy atom. The molecule has 0 spiro atoms. The molecule has 0 radical (unpaired) electrons. The predicted octanol–water partition coefficient (Wildman–Crippen LogP) is 6.23. The van der Waals surface area contributed by atoms with Gasteiger partial charge < -0.3 is 35.2 Å². The van der Waals surface area contributed by atoms with E-state index in [0.29, 0.717) is 65.7 Å². The van der Waals surface area contributed by atoms with Crippen LogP contribution in [0.2, 0.25) is 0 Å². The highest BCUT2D eigenvalue weighted by atomic mass is 16.4. The zero-order chi connectivity index (χ0) is 41.0. The normalized spacial score (nSPS) is 17.4. The second-order valence-corrected chi connectivity index (χ2v) is 14.9. The molecule has 59 heavy (non-hydrogen) atoms. The number of oxazole rings is 1. The summed E-state index contributed by atoms with van der Waals surface area (Å²) >= 11 is 0. The van der Waals surface area contributed by atoms with Gasteiger partial charge in [0.2, 0.25) is 35.4 Å². The lowest BCUT2D eigenvalue weighted by atomic mass is 10.0. The fourth-order valence-electron chi connectivity index (χ4n) is 8.02. The summed E-state index contributed by atoms with van der Waals surface area (Å²) in [6, 6.07) is 28.5. The Hall–Kier alpha value is -7.09. The van der Waals surface area contributed by atoms with E-state index in [1.807, 2.05) is 54.6 Å². The first kappa shape index (κ1) is 38.8. The van der Waals surface area contributed by atoms with Crippen LogP contribution in [0.4, 0.5) is 5.69 Å². The van der Waals surface area contributed by atoms with Gasteiger partial charge in [0, 0.05) is 43.8 Å². The predicted molar refractivity (Wildman–Crippen MR) is 220 cm³/mol. The van der Waals surface area contributed by atoms with Gasteiger partial charge in [-0.25, -0.2) is 9.97 Å². The van der Waals surface area contributed by atoms with E-state index in [-0.39, 0.29) is 35.6 Å². The molecule has 14 nitrogen and oxygen atoms in total. The molecule has 0 unspecified atom stereocenters. The van der Waals surface area contributed by atoms with E-state index in [1.54, 1.807) is 64.5 Å². The van der Waals surface area contributed by atoms with Crippen LogP contribution in [-0.2, 0) is 24.0 Å². The number of H-pyrrole nitrogens is 1. The van der Waals surface area contributed by atoms with Crippen molar-refractivity contribution >= 4 is 46.3 Å². The van der Waals surface area contributed by atoms with Gasteiger partial charge in [0.25, 0.3) is 0 Å². The van der Waals surface area contributed by atoms with Crippen LogP contribution < -0.4 is 16.0 Å². The van der Waals surface area contributed by atoms with Crippen molar-refractivity contribution in [1.29, 1.82) is 0 Å². The van der Waals surface area contributed by atoms with Crippen LogP contribution in [-0.4, -0.2) is 73.4 Å². The smallest absolute Gasteiger partial charge is 0.250 e. The summed E-state index contributed by atoms with van der Waals surface area (Å²) in [4.78, 5) is 81.3. The molecule has 0 saturated carbocycles. The second kappa shape index (κ2) is 16.8. The van der Waals surface area contributed by atoms with Gasteiger partial charge in [-0.15, -0.1) is 0 Å². The molecule has 14 heteroatoms. The molecule has 4 atom stereocenters. The first-order valence-electron chi connectivity index (χ1n) is 19.7. The van der Waals surface area contributed by atoms with Crippen LogP contribution in [0.5, 0.6) is 0 Å². The van der Waals surface area contributed by atoms with E-state index in [4.69, 9.17) is 9.40 Å². The fraction of sp³-hybridized carbons (Fsp3) is 0.267. The first-order chi connectivity index (χ1) is 28.6. The number of hydrogen-bond donors (Lipinski definition) is 4. The lowest BCUT2D eigenvalue weighted by Gasteiger charge is -2.28. The van der Waals surface area contributed by atoms with Gasteiger partial charge in [0.15, 0.2) is 5.76 Å². The zero-order valence-corrected chi connectivity index (χ0v) is 32.7. The van der Waals surface area contributed by atoms with Crippen molar-refractivity contribution in [3.05, 3.63) is 126 Å². The SMILES string of the molecule is CC(=O)N[C@@H](C(=O)N1CCC[C@H]1C(=O)Nc1ccc(-c2ncc(-c3ccc4[nH]c([C@@H]5CCCN5C(=O)[C@H](NC(C)=O)c5ccccc5)nc4c3)o2)cc1)c1ccccc1. The molecular formula is C45H44N8O6. The first-order valence-corrected chi connectivity index (χ1v) is 19.7. The Bertz CT molecular complexity index is 2500. The van der Waals surface area contributed by atoms with Gasteiger partial charge in [0.05, 0.1) is 23.3 Å². The number of carbonyl (C=O) groups is 5. The minimum absolute atomic E-state index is 0.177. The number of amides is 5. The largest absolute Gasteiger partial charge is 0.436 e. The third-order valence-electron chi connectivity index (χ3n) is 10.8. The molecule has 4 aromatic carbocycles. The Labute approximate surface area is 340 Å². The third kappa shape index (κ3) is 8.33. The Morgan fingerprint density at radius 2 is 1.32 bits per heavy atom. The summed E-state index contributed by atoms with van der Waals surface area (Å²) in [5.41, 5.74) is 4.94. The van der Waals surface area contributed by atoms with Crippen LogP contribution in [0.3, 0.4) is 0 Å². The van der Waals surface area contributed by atoms with Crippen LogP contribution >= 0.6 is 0 Å². The Morgan fingerprint density at radius 3 is 1.97 bits per heavy atom. The molecule has 2 aromatic heterocycles.